The molecule has 2 aromatic carbocycles. The van der Waals surface area contributed by atoms with Gasteiger partial charge >= 0.3 is 11.9 Å². The molecule has 0 amide bonds. The van der Waals surface area contributed by atoms with Crippen molar-refractivity contribution in [1.29, 1.82) is 0 Å². The van der Waals surface area contributed by atoms with E-state index < -0.39 is 11.9 Å². The lowest BCUT2D eigenvalue weighted by atomic mass is 9.97. The largest absolute Gasteiger partial charge is 0.478 e. The standard InChI is InChI=1S/C16H23NO.C8H6O4/c1-13-6-8-15(9-7-13)16(18)14(2)12-17-10-4-3-5-11-17;9-7(10)5-3-1-2-4-6(5)8(11)12/h6-9,14H,3-5,10-12H2,1-2H3;1-4H,(H,9,10)(H,11,12)/t14-;/m0./s1. The minimum atomic E-state index is -1.23. The summed E-state index contributed by atoms with van der Waals surface area (Å²) in [5.41, 5.74) is 1.68. The van der Waals surface area contributed by atoms with E-state index in [9.17, 15) is 14.4 Å². The fourth-order valence-electron chi connectivity index (χ4n) is 3.47. The fraction of sp³-hybridized carbons (Fsp3) is 0.375. The number of Topliss-reactive ketones (excluding diaryl/α,β-unsaturated/α-hetero) is 1. The Hall–Kier alpha value is -2.99. The number of carbonyl (C=O) groups excluding carboxylic acids is 1. The molecule has 0 aliphatic carbocycles. The van der Waals surface area contributed by atoms with Crippen LogP contribution < -0.4 is 0 Å². The predicted molar refractivity (Wildman–Crippen MR) is 115 cm³/mol. The summed E-state index contributed by atoms with van der Waals surface area (Å²) in [7, 11) is 0. The summed E-state index contributed by atoms with van der Waals surface area (Å²) in [6.45, 7) is 7.33. The van der Waals surface area contributed by atoms with Gasteiger partial charge in [-0.1, -0.05) is 55.3 Å². The highest BCUT2D eigenvalue weighted by atomic mass is 16.4. The van der Waals surface area contributed by atoms with E-state index in [-0.39, 0.29) is 22.8 Å². The van der Waals surface area contributed by atoms with E-state index in [2.05, 4.69) is 11.8 Å². The molecule has 30 heavy (non-hydrogen) atoms. The normalized spacial score (nSPS) is 14.9. The van der Waals surface area contributed by atoms with Gasteiger partial charge in [0.1, 0.15) is 0 Å². The second-order valence-electron chi connectivity index (χ2n) is 7.65. The first-order valence-corrected chi connectivity index (χ1v) is 10.2. The first-order chi connectivity index (χ1) is 14.3. The van der Waals surface area contributed by atoms with Crippen LogP contribution in [-0.4, -0.2) is 52.5 Å². The maximum Gasteiger partial charge on any atom is 0.336 e. The van der Waals surface area contributed by atoms with Gasteiger partial charge in [0.2, 0.25) is 0 Å². The number of carbonyl (C=O) groups is 3. The van der Waals surface area contributed by atoms with Crippen molar-refractivity contribution in [3.8, 4) is 0 Å². The van der Waals surface area contributed by atoms with Crippen molar-refractivity contribution in [2.75, 3.05) is 19.6 Å². The lowest BCUT2D eigenvalue weighted by Crippen LogP contribution is -2.35. The Balaban J connectivity index is 0.000000232. The van der Waals surface area contributed by atoms with Crippen LogP contribution in [0.1, 0.15) is 62.8 Å². The number of hydrogen-bond donors (Lipinski definition) is 2. The van der Waals surface area contributed by atoms with Gasteiger partial charge in [0, 0.05) is 18.0 Å². The highest BCUT2D eigenvalue weighted by Gasteiger charge is 2.19. The Morgan fingerprint density at radius 1 is 0.867 bits per heavy atom. The number of carboxylic acids is 2. The molecule has 6 nitrogen and oxygen atoms in total. The van der Waals surface area contributed by atoms with Gasteiger partial charge in [0.05, 0.1) is 11.1 Å². The minimum absolute atomic E-state index is 0.103. The molecule has 6 heteroatoms. The zero-order valence-electron chi connectivity index (χ0n) is 17.5. The van der Waals surface area contributed by atoms with Gasteiger partial charge in [0.25, 0.3) is 0 Å². The molecule has 2 N–H and O–H groups in total. The first-order valence-electron chi connectivity index (χ1n) is 10.2. The van der Waals surface area contributed by atoms with E-state index >= 15 is 0 Å². The highest BCUT2D eigenvalue weighted by molar-refractivity contribution is 6.01. The molecule has 1 aliphatic heterocycles. The van der Waals surface area contributed by atoms with Crippen LogP contribution in [0.2, 0.25) is 0 Å². The Morgan fingerprint density at radius 3 is 1.83 bits per heavy atom. The average Bonchev–Trinajstić information content (AvgIpc) is 2.75. The zero-order valence-corrected chi connectivity index (χ0v) is 17.5. The molecule has 0 saturated carbocycles. The summed E-state index contributed by atoms with van der Waals surface area (Å²) in [4.78, 5) is 35.7. The third kappa shape index (κ3) is 6.81. The van der Waals surface area contributed by atoms with Crippen LogP contribution in [0.15, 0.2) is 48.5 Å². The smallest absolute Gasteiger partial charge is 0.336 e. The van der Waals surface area contributed by atoms with E-state index in [1.165, 1.54) is 49.1 Å². The number of hydrogen-bond acceptors (Lipinski definition) is 4. The summed E-state index contributed by atoms with van der Waals surface area (Å²) in [6.07, 6.45) is 3.91. The molecule has 1 fully saturated rings. The Kier molecular flexibility index (Phi) is 8.74. The van der Waals surface area contributed by atoms with E-state index in [1.54, 1.807) is 0 Å². The lowest BCUT2D eigenvalue weighted by molar-refractivity contribution is 0.0651. The van der Waals surface area contributed by atoms with E-state index in [1.807, 2.05) is 31.2 Å². The molecule has 3 rings (SSSR count). The Labute approximate surface area is 177 Å². The molecule has 0 unspecified atom stereocenters. The highest BCUT2D eigenvalue weighted by Crippen LogP contribution is 2.15. The molecule has 0 radical (unpaired) electrons. The van der Waals surface area contributed by atoms with E-state index in [0.717, 1.165) is 25.2 Å². The number of piperidine rings is 1. The molecule has 0 bridgehead atoms. The summed E-state index contributed by atoms with van der Waals surface area (Å²) in [6, 6.07) is 13.4. The van der Waals surface area contributed by atoms with Gasteiger partial charge in [0.15, 0.2) is 5.78 Å². The Morgan fingerprint density at radius 2 is 1.37 bits per heavy atom. The molecule has 1 heterocycles. The van der Waals surface area contributed by atoms with Gasteiger partial charge in [-0.05, 0) is 45.0 Å². The second-order valence-corrected chi connectivity index (χ2v) is 7.65. The van der Waals surface area contributed by atoms with Crippen molar-refractivity contribution in [2.24, 2.45) is 5.92 Å². The van der Waals surface area contributed by atoms with Crippen molar-refractivity contribution in [3.05, 3.63) is 70.8 Å². The number of likely N-dealkylation sites (tertiary alicyclic amines) is 1. The molecule has 0 aromatic heterocycles. The molecule has 1 aliphatic rings. The number of rotatable bonds is 6. The lowest BCUT2D eigenvalue weighted by Gasteiger charge is -2.28. The second kappa shape index (κ2) is 11.3. The monoisotopic (exact) mass is 411 g/mol. The molecule has 0 spiro atoms. The van der Waals surface area contributed by atoms with Gasteiger partial charge in [-0.25, -0.2) is 9.59 Å². The minimum Gasteiger partial charge on any atom is -0.478 e. The van der Waals surface area contributed by atoms with Crippen LogP contribution in [0.5, 0.6) is 0 Å². The van der Waals surface area contributed by atoms with E-state index in [4.69, 9.17) is 10.2 Å². The van der Waals surface area contributed by atoms with Crippen LogP contribution in [0.4, 0.5) is 0 Å². The van der Waals surface area contributed by atoms with Crippen LogP contribution in [0.3, 0.4) is 0 Å². The van der Waals surface area contributed by atoms with E-state index in [0.29, 0.717) is 0 Å². The number of nitrogens with zero attached hydrogens (tertiary/aromatic N) is 1. The van der Waals surface area contributed by atoms with Crippen molar-refractivity contribution >= 4 is 17.7 Å². The van der Waals surface area contributed by atoms with Crippen molar-refractivity contribution in [2.45, 2.75) is 33.1 Å². The first kappa shape index (κ1) is 23.3. The number of carboxylic acid groups (broad SMARTS) is 2. The van der Waals surface area contributed by atoms with Crippen LogP contribution in [0, 0.1) is 12.8 Å². The van der Waals surface area contributed by atoms with Crippen LogP contribution >= 0.6 is 0 Å². The summed E-state index contributed by atoms with van der Waals surface area (Å²) in [5.74, 6) is -2.08. The quantitative estimate of drug-likeness (QED) is 0.685. The van der Waals surface area contributed by atoms with Gasteiger partial charge in [-0.15, -0.1) is 0 Å². The SMILES string of the molecule is Cc1ccc(C(=O)[C@@H](C)CN2CCCCC2)cc1.O=C(O)c1ccccc1C(=O)O. The van der Waals surface area contributed by atoms with Gasteiger partial charge < -0.3 is 15.1 Å². The van der Waals surface area contributed by atoms with Crippen molar-refractivity contribution in [3.63, 3.8) is 0 Å². The third-order valence-electron chi connectivity index (χ3n) is 5.15. The summed E-state index contributed by atoms with van der Waals surface area (Å²) < 4.78 is 0. The molecule has 1 saturated heterocycles. The molecule has 160 valence electrons. The number of benzene rings is 2. The number of aromatic carboxylic acids is 2. The van der Waals surface area contributed by atoms with Crippen molar-refractivity contribution < 1.29 is 24.6 Å². The molecule has 2 aromatic rings. The maximum absolute atomic E-state index is 12.3. The fourth-order valence-corrected chi connectivity index (χ4v) is 3.47. The summed E-state index contributed by atoms with van der Waals surface area (Å²) >= 11 is 0. The molecular weight excluding hydrogens is 382 g/mol. The molecule has 1 atom stereocenters. The maximum atomic E-state index is 12.3. The topological polar surface area (TPSA) is 94.9 Å². The molecular formula is C24H29NO5. The summed E-state index contributed by atoms with van der Waals surface area (Å²) in [5, 5.41) is 17.1. The van der Waals surface area contributed by atoms with Gasteiger partial charge in [-0.2, -0.15) is 0 Å². The predicted octanol–water partition coefficient (Wildman–Crippen LogP) is 4.38. The zero-order chi connectivity index (χ0) is 22.1. The van der Waals surface area contributed by atoms with Crippen LogP contribution in [0.25, 0.3) is 0 Å². The average molecular weight is 411 g/mol. The van der Waals surface area contributed by atoms with Crippen LogP contribution in [-0.2, 0) is 0 Å². The van der Waals surface area contributed by atoms with Gasteiger partial charge in [-0.3, -0.25) is 4.79 Å². The third-order valence-corrected chi connectivity index (χ3v) is 5.15. The number of ketones is 1. The van der Waals surface area contributed by atoms with Crippen molar-refractivity contribution in [1.82, 2.24) is 4.90 Å². The number of aryl methyl sites for hydroxylation is 1. The Bertz CT molecular complexity index is 836.